The van der Waals surface area contributed by atoms with E-state index in [4.69, 9.17) is 0 Å². The van der Waals surface area contributed by atoms with Gasteiger partial charge in [-0.2, -0.15) is 0 Å². The van der Waals surface area contributed by atoms with E-state index in [0.29, 0.717) is 0 Å². The topological polar surface area (TPSA) is 72.2 Å². The van der Waals surface area contributed by atoms with Crippen LogP contribution in [0.1, 0.15) is 41.6 Å². The maximum absolute atomic E-state index is 12.1. The van der Waals surface area contributed by atoms with Gasteiger partial charge in [0.25, 0.3) is 5.69 Å². The Morgan fingerprint density at radius 3 is 2.60 bits per heavy atom. The molecule has 3 rings (SSSR count). The van der Waals surface area contributed by atoms with Crippen LogP contribution in [0.5, 0.6) is 0 Å². The van der Waals surface area contributed by atoms with Crippen molar-refractivity contribution in [1.29, 1.82) is 0 Å². The van der Waals surface area contributed by atoms with Gasteiger partial charge in [0.1, 0.15) is 0 Å². The van der Waals surface area contributed by atoms with Crippen LogP contribution in [0.2, 0.25) is 0 Å². The molecule has 0 spiro atoms. The summed E-state index contributed by atoms with van der Waals surface area (Å²) in [6.45, 7) is 1.97. The summed E-state index contributed by atoms with van der Waals surface area (Å²) in [4.78, 5) is 22.3. The van der Waals surface area contributed by atoms with E-state index >= 15 is 0 Å². The molecule has 1 N–H and O–H groups in total. The predicted molar refractivity (Wildman–Crippen MR) is 97.2 cm³/mol. The van der Waals surface area contributed by atoms with Crippen molar-refractivity contribution in [2.24, 2.45) is 0 Å². The van der Waals surface area contributed by atoms with Crippen molar-refractivity contribution in [1.82, 2.24) is 5.32 Å². The second-order valence-electron chi connectivity index (χ2n) is 6.29. The molecule has 5 nitrogen and oxygen atoms in total. The second kappa shape index (κ2) is 7.30. The molecule has 0 heterocycles. The summed E-state index contributed by atoms with van der Waals surface area (Å²) in [5.41, 5.74) is 4.69. The first-order valence-corrected chi connectivity index (χ1v) is 8.37. The third-order valence-electron chi connectivity index (χ3n) is 4.51. The van der Waals surface area contributed by atoms with Crippen LogP contribution in [0.25, 0.3) is 6.08 Å². The number of amides is 1. The number of hydrogen-bond acceptors (Lipinski definition) is 3. The van der Waals surface area contributed by atoms with Crippen molar-refractivity contribution in [3.63, 3.8) is 0 Å². The summed E-state index contributed by atoms with van der Waals surface area (Å²) in [7, 11) is 0. The van der Waals surface area contributed by atoms with Crippen LogP contribution < -0.4 is 5.32 Å². The molecular weight excluding hydrogens is 316 g/mol. The minimum Gasteiger partial charge on any atom is -0.346 e. The Balaban J connectivity index is 1.60. The number of nitro groups is 1. The highest BCUT2D eigenvalue weighted by atomic mass is 16.6. The molecule has 128 valence electrons. The summed E-state index contributed by atoms with van der Waals surface area (Å²) in [6.07, 6.45) is 6.56. The van der Waals surface area contributed by atoms with Crippen molar-refractivity contribution in [3.05, 3.63) is 80.9 Å². The zero-order valence-corrected chi connectivity index (χ0v) is 14.1. The summed E-state index contributed by atoms with van der Waals surface area (Å²) < 4.78 is 0. The Hall–Kier alpha value is -2.95. The molecule has 5 heteroatoms. The Kier molecular flexibility index (Phi) is 4.93. The van der Waals surface area contributed by atoms with Crippen molar-refractivity contribution in [3.8, 4) is 0 Å². The highest BCUT2D eigenvalue weighted by Crippen LogP contribution is 2.25. The minimum atomic E-state index is -0.446. The standard InChI is InChI=1S/C20H20N2O3/c1-14(17-9-8-16-3-2-4-18(16)13-17)21-20(23)12-7-15-5-10-19(11-6-15)22(24)25/h5-14H,2-4H2,1H3,(H,21,23)/b12-7+/t14-/m0/s1. The van der Waals surface area contributed by atoms with Crippen LogP contribution >= 0.6 is 0 Å². The number of fused-ring (bicyclic) bond motifs is 1. The maximum Gasteiger partial charge on any atom is 0.269 e. The van der Waals surface area contributed by atoms with Crippen LogP contribution in [-0.4, -0.2) is 10.8 Å². The van der Waals surface area contributed by atoms with Gasteiger partial charge in [-0.3, -0.25) is 14.9 Å². The van der Waals surface area contributed by atoms with Gasteiger partial charge >= 0.3 is 0 Å². The molecule has 0 fully saturated rings. The van der Waals surface area contributed by atoms with Crippen molar-refractivity contribution < 1.29 is 9.72 Å². The number of nitro benzene ring substituents is 1. The zero-order valence-electron chi connectivity index (χ0n) is 14.1. The molecule has 1 aliphatic carbocycles. The maximum atomic E-state index is 12.1. The molecule has 2 aromatic carbocycles. The number of carbonyl (C=O) groups excluding carboxylic acids is 1. The lowest BCUT2D eigenvalue weighted by Gasteiger charge is -2.14. The van der Waals surface area contributed by atoms with Crippen LogP contribution in [0.3, 0.4) is 0 Å². The van der Waals surface area contributed by atoms with Gasteiger partial charge in [0.15, 0.2) is 0 Å². The lowest BCUT2D eigenvalue weighted by molar-refractivity contribution is -0.384. The highest BCUT2D eigenvalue weighted by molar-refractivity contribution is 5.92. The molecule has 0 saturated carbocycles. The largest absolute Gasteiger partial charge is 0.346 e. The number of benzene rings is 2. The molecule has 1 aliphatic rings. The number of nitrogens with one attached hydrogen (secondary N) is 1. The first-order chi connectivity index (χ1) is 12.0. The SMILES string of the molecule is C[C@H](NC(=O)/C=C/c1ccc([N+](=O)[O-])cc1)c1ccc2c(c1)CCC2. The van der Waals surface area contributed by atoms with E-state index < -0.39 is 4.92 Å². The van der Waals surface area contributed by atoms with Crippen LogP contribution in [0.15, 0.2) is 48.5 Å². The van der Waals surface area contributed by atoms with E-state index in [1.165, 1.54) is 35.8 Å². The third-order valence-corrected chi connectivity index (χ3v) is 4.51. The summed E-state index contributed by atoms with van der Waals surface area (Å²) in [5.74, 6) is -0.189. The fraction of sp³-hybridized carbons (Fsp3) is 0.250. The summed E-state index contributed by atoms with van der Waals surface area (Å²) in [5, 5.41) is 13.6. The second-order valence-corrected chi connectivity index (χ2v) is 6.29. The van der Waals surface area contributed by atoms with Gasteiger partial charge in [-0.1, -0.05) is 18.2 Å². The van der Waals surface area contributed by atoms with E-state index in [0.717, 1.165) is 24.0 Å². The molecule has 0 saturated heterocycles. The van der Waals surface area contributed by atoms with Crippen LogP contribution in [-0.2, 0) is 17.6 Å². The van der Waals surface area contributed by atoms with E-state index in [1.54, 1.807) is 18.2 Å². The van der Waals surface area contributed by atoms with Crippen molar-refractivity contribution in [2.45, 2.75) is 32.2 Å². The molecule has 1 amide bonds. The highest BCUT2D eigenvalue weighted by Gasteiger charge is 2.14. The third kappa shape index (κ3) is 4.12. The number of carbonyl (C=O) groups is 1. The van der Waals surface area contributed by atoms with Gasteiger partial charge in [0.2, 0.25) is 5.91 Å². The predicted octanol–water partition coefficient (Wildman–Crippen LogP) is 3.97. The monoisotopic (exact) mass is 336 g/mol. The summed E-state index contributed by atoms with van der Waals surface area (Å²) in [6, 6.07) is 12.4. The number of nitrogens with zero attached hydrogens (tertiary/aromatic N) is 1. The van der Waals surface area contributed by atoms with Crippen LogP contribution in [0, 0.1) is 10.1 Å². The number of hydrogen-bond donors (Lipinski definition) is 1. The first-order valence-electron chi connectivity index (χ1n) is 8.37. The van der Waals surface area contributed by atoms with Gasteiger partial charge in [-0.05, 0) is 66.6 Å². The van der Waals surface area contributed by atoms with Gasteiger partial charge in [0.05, 0.1) is 11.0 Å². The zero-order chi connectivity index (χ0) is 17.8. The number of non-ortho nitro benzene ring substituents is 1. The van der Waals surface area contributed by atoms with Crippen LogP contribution in [0.4, 0.5) is 5.69 Å². The molecule has 0 aliphatic heterocycles. The molecule has 2 aromatic rings. The fourth-order valence-corrected chi connectivity index (χ4v) is 3.08. The lowest BCUT2D eigenvalue weighted by Crippen LogP contribution is -2.24. The smallest absolute Gasteiger partial charge is 0.269 e. The molecular formula is C20H20N2O3. The molecule has 0 radical (unpaired) electrons. The average Bonchev–Trinajstić information content (AvgIpc) is 3.08. The quantitative estimate of drug-likeness (QED) is 0.510. The minimum absolute atomic E-state index is 0.0341. The Labute approximate surface area is 146 Å². The van der Waals surface area contributed by atoms with Gasteiger partial charge in [-0.25, -0.2) is 0 Å². The Morgan fingerprint density at radius 1 is 1.16 bits per heavy atom. The number of aryl methyl sites for hydroxylation is 2. The normalized spacial score (nSPS) is 14.3. The van der Waals surface area contributed by atoms with E-state index in [2.05, 4.69) is 23.5 Å². The fourth-order valence-electron chi connectivity index (χ4n) is 3.08. The van der Waals surface area contributed by atoms with E-state index in [9.17, 15) is 14.9 Å². The van der Waals surface area contributed by atoms with Gasteiger partial charge < -0.3 is 5.32 Å². The summed E-state index contributed by atoms with van der Waals surface area (Å²) >= 11 is 0. The van der Waals surface area contributed by atoms with E-state index in [-0.39, 0.29) is 17.6 Å². The van der Waals surface area contributed by atoms with Gasteiger partial charge in [-0.15, -0.1) is 0 Å². The molecule has 0 unspecified atom stereocenters. The molecule has 25 heavy (non-hydrogen) atoms. The molecule has 0 bridgehead atoms. The van der Waals surface area contributed by atoms with Gasteiger partial charge in [0, 0.05) is 18.2 Å². The average molecular weight is 336 g/mol. The van der Waals surface area contributed by atoms with Crippen molar-refractivity contribution in [2.75, 3.05) is 0 Å². The molecule has 1 atom stereocenters. The Bertz CT molecular complexity index is 825. The number of rotatable bonds is 5. The Morgan fingerprint density at radius 2 is 1.88 bits per heavy atom. The van der Waals surface area contributed by atoms with Crippen molar-refractivity contribution >= 4 is 17.7 Å². The van der Waals surface area contributed by atoms with E-state index in [1.807, 2.05) is 6.92 Å². The lowest BCUT2D eigenvalue weighted by atomic mass is 10.0. The molecule has 0 aromatic heterocycles. The first kappa shape index (κ1) is 16.9.